The van der Waals surface area contributed by atoms with E-state index in [1.54, 1.807) is 36.1 Å². The summed E-state index contributed by atoms with van der Waals surface area (Å²) in [6.45, 7) is 1.68. The molecule has 0 radical (unpaired) electrons. The summed E-state index contributed by atoms with van der Waals surface area (Å²) in [5, 5.41) is 3.07. The fraction of sp³-hybridized carbons (Fsp3) is 0.308. The van der Waals surface area contributed by atoms with Crippen LogP contribution in [0.1, 0.15) is 30.9 Å². The zero-order valence-electron chi connectivity index (χ0n) is 19.8. The number of halogens is 1. The second-order valence-electron chi connectivity index (χ2n) is 8.64. The Morgan fingerprint density at radius 3 is 2.70 bits per heavy atom. The van der Waals surface area contributed by atoms with E-state index in [9.17, 15) is 23.6 Å². The predicted molar refractivity (Wildman–Crippen MR) is 133 cm³/mol. The molecule has 2 unspecified atom stereocenters. The molecule has 0 spiro atoms. The standard InChI is InChI=1S/C26H23FN2O7S/c1-2-34-25(33)28-18-7-8-19-15(11-23(31)36-21(19)12-18)13-35-24(32)20-14-37-26(10-9-22(30)29(20)26)16-3-5-17(27)6-4-16/h3-8,11-12,20H,2,9-10,13-14H2,1H3,(H,28,33). The molecule has 2 aliphatic rings. The Morgan fingerprint density at radius 2 is 1.95 bits per heavy atom. The molecule has 192 valence electrons. The summed E-state index contributed by atoms with van der Waals surface area (Å²) in [6, 6.07) is 11.1. The number of ether oxygens (including phenoxy) is 2. The number of hydrogen-bond acceptors (Lipinski definition) is 8. The molecular weight excluding hydrogens is 503 g/mol. The number of nitrogens with zero attached hydrogens (tertiary/aromatic N) is 1. The molecule has 1 N–H and O–H groups in total. The van der Waals surface area contributed by atoms with Gasteiger partial charge in [0.1, 0.15) is 28.9 Å². The van der Waals surface area contributed by atoms with Crippen LogP contribution in [-0.4, -0.2) is 41.3 Å². The van der Waals surface area contributed by atoms with Crippen LogP contribution in [0.5, 0.6) is 0 Å². The Labute approximate surface area is 214 Å². The average Bonchev–Trinajstić information content (AvgIpc) is 3.41. The quantitative estimate of drug-likeness (QED) is 0.377. The van der Waals surface area contributed by atoms with E-state index in [0.717, 1.165) is 5.56 Å². The number of hydrogen-bond donors (Lipinski definition) is 1. The van der Waals surface area contributed by atoms with Crippen molar-refractivity contribution < 1.29 is 32.7 Å². The normalized spacial score (nSPS) is 20.6. The molecule has 2 amide bonds. The number of carbonyl (C=O) groups is 3. The van der Waals surface area contributed by atoms with Gasteiger partial charge in [0, 0.05) is 40.9 Å². The van der Waals surface area contributed by atoms with Crippen molar-refractivity contribution >= 4 is 46.4 Å². The summed E-state index contributed by atoms with van der Waals surface area (Å²) < 4.78 is 29.2. The zero-order chi connectivity index (χ0) is 26.2. The molecule has 0 aliphatic carbocycles. The second-order valence-corrected chi connectivity index (χ2v) is 9.93. The molecule has 9 nitrogen and oxygen atoms in total. The van der Waals surface area contributed by atoms with Gasteiger partial charge in [0.05, 0.1) is 6.61 Å². The summed E-state index contributed by atoms with van der Waals surface area (Å²) in [4.78, 5) is 50.6. The number of amides is 2. The first-order valence-electron chi connectivity index (χ1n) is 11.7. The predicted octanol–water partition coefficient (Wildman–Crippen LogP) is 4.13. The highest BCUT2D eigenvalue weighted by Gasteiger charge is 2.57. The minimum atomic E-state index is -0.809. The van der Waals surface area contributed by atoms with Crippen LogP contribution in [0.2, 0.25) is 0 Å². The average molecular weight is 527 g/mol. The van der Waals surface area contributed by atoms with Crippen molar-refractivity contribution in [1.82, 2.24) is 4.90 Å². The van der Waals surface area contributed by atoms with E-state index < -0.39 is 28.6 Å². The third-order valence-corrected chi connectivity index (χ3v) is 8.01. The first-order chi connectivity index (χ1) is 17.8. The topological polar surface area (TPSA) is 115 Å². The number of fused-ring (bicyclic) bond motifs is 2. The van der Waals surface area contributed by atoms with Gasteiger partial charge in [0.15, 0.2) is 0 Å². The summed E-state index contributed by atoms with van der Waals surface area (Å²) >= 11 is 1.47. The van der Waals surface area contributed by atoms with Crippen LogP contribution in [0.25, 0.3) is 11.0 Å². The monoisotopic (exact) mass is 526 g/mol. The van der Waals surface area contributed by atoms with Gasteiger partial charge in [-0.2, -0.15) is 0 Å². The van der Waals surface area contributed by atoms with E-state index in [-0.39, 0.29) is 36.9 Å². The smallest absolute Gasteiger partial charge is 0.411 e. The van der Waals surface area contributed by atoms with Crippen molar-refractivity contribution in [3.63, 3.8) is 0 Å². The number of thioether (sulfide) groups is 1. The second kappa shape index (κ2) is 9.89. The zero-order valence-corrected chi connectivity index (χ0v) is 20.6. The van der Waals surface area contributed by atoms with Gasteiger partial charge in [-0.25, -0.2) is 18.8 Å². The SMILES string of the molecule is CCOC(=O)Nc1ccc2c(COC(=O)C3CSC4(c5ccc(F)cc5)CCC(=O)N34)cc(=O)oc2c1. The Bertz CT molecular complexity index is 1440. The number of nitrogens with one attached hydrogen (secondary N) is 1. The molecule has 11 heteroatoms. The van der Waals surface area contributed by atoms with Gasteiger partial charge in [0.25, 0.3) is 0 Å². The van der Waals surface area contributed by atoms with E-state index in [1.165, 1.54) is 36.0 Å². The summed E-state index contributed by atoms with van der Waals surface area (Å²) in [5.41, 5.74) is 1.11. The summed E-state index contributed by atoms with van der Waals surface area (Å²) in [7, 11) is 0. The van der Waals surface area contributed by atoms with Crippen LogP contribution in [0.4, 0.5) is 14.9 Å². The fourth-order valence-corrected chi connectivity index (χ4v) is 6.42. The van der Waals surface area contributed by atoms with Gasteiger partial charge in [0.2, 0.25) is 5.91 Å². The molecule has 2 saturated heterocycles. The number of rotatable bonds is 6. The van der Waals surface area contributed by atoms with Gasteiger partial charge in [-0.3, -0.25) is 10.1 Å². The van der Waals surface area contributed by atoms with Crippen LogP contribution < -0.4 is 10.9 Å². The van der Waals surface area contributed by atoms with Crippen LogP contribution in [0.3, 0.4) is 0 Å². The van der Waals surface area contributed by atoms with Crippen molar-refractivity contribution in [3.05, 3.63) is 75.9 Å². The van der Waals surface area contributed by atoms with Crippen molar-refractivity contribution in [2.24, 2.45) is 0 Å². The largest absolute Gasteiger partial charge is 0.459 e. The minimum Gasteiger partial charge on any atom is -0.459 e. The van der Waals surface area contributed by atoms with E-state index in [2.05, 4.69) is 5.32 Å². The molecule has 2 atom stereocenters. The lowest BCUT2D eigenvalue weighted by molar-refractivity contribution is -0.155. The number of esters is 1. The van der Waals surface area contributed by atoms with E-state index in [0.29, 0.717) is 28.8 Å². The molecule has 2 aromatic carbocycles. The van der Waals surface area contributed by atoms with Gasteiger partial charge in [-0.1, -0.05) is 12.1 Å². The highest BCUT2D eigenvalue weighted by Crippen LogP contribution is 2.54. The molecule has 0 saturated carbocycles. The van der Waals surface area contributed by atoms with Crippen LogP contribution in [0, 0.1) is 5.82 Å². The van der Waals surface area contributed by atoms with E-state index in [1.807, 2.05) is 0 Å². The third-order valence-electron chi connectivity index (χ3n) is 6.42. The molecule has 0 bridgehead atoms. The van der Waals surface area contributed by atoms with Crippen LogP contribution in [0.15, 0.2) is 57.7 Å². The lowest BCUT2D eigenvalue weighted by Gasteiger charge is -2.33. The van der Waals surface area contributed by atoms with E-state index >= 15 is 0 Å². The van der Waals surface area contributed by atoms with Crippen molar-refractivity contribution in [2.75, 3.05) is 17.7 Å². The third kappa shape index (κ3) is 4.66. The summed E-state index contributed by atoms with van der Waals surface area (Å²) in [5.74, 6) is -0.793. The Hall–Kier alpha value is -3.86. The molecule has 2 fully saturated rings. The maximum Gasteiger partial charge on any atom is 0.411 e. The Balaban J connectivity index is 1.34. The Morgan fingerprint density at radius 1 is 1.16 bits per heavy atom. The van der Waals surface area contributed by atoms with Crippen LogP contribution >= 0.6 is 11.8 Å². The maximum atomic E-state index is 13.5. The number of anilines is 1. The highest BCUT2D eigenvalue weighted by molar-refractivity contribution is 8.00. The number of benzene rings is 2. The molecule has 5 rings (SSSR count). The summed E-state index contributed by atoms with van der Waals surface area (Å²) in [6.07, 6.45) is 0.149. The van der Waals surface area contributed by atoms with Crippen molar-refractivity contribution in [3.8, 4) is 0 Å². The van der Waals surface area contributed by atoms with Gasteiger partial charge in [-0.05, 0) is 43.2 Å². The van der Waals surface area contributed by atoms with E-state index in [4.69, 9.17) is 13.9 Å². The molecular formula is C26H23FN2O7S. The molecule has 1 aromatic heterocycles. The van der Waals surface area contributed by atoms with Crippen molar-refractivity contribution in [2.45, 2.75) is 37.3 Å². The molecule has 2 aliphatic heterocycles. The highest BCUT2D eigenvalue weighted by atomic mass is 32.2. The maximum absolute atomic E-state index is 13.5. The first-order valence-corrected chi connectivity index (χ1v) is 12.7. The fourth-order valence-electron chi connectivity index (χ4n) is 4.79. The molecule has 37 heavy (non-hydrogen) atoms. The molecule has 3 aromatic rings. The van der Waals surface area contributed by atoms with Gasteiger partial charge < -0.3 is 18.8 Å². The lowest BCUT2D eigenvalue weighted by Crippen LogP contribution is -2.46. The Kier molecular flexibility index (Phi) is 6.63. The minimum absolute atomic E-state index is 0.163. The van der Waals surface area contributed by atoms with Crippen molar-refractivity contribution in [1.29, 1.82) is 0 Å². The number of carbonyl (C=O) groups excluding carboxylic acids is 3. The van der Waals surface area contributed by atoms with Gasteiger partial charge in [-0.15, -0.1) is 11.8 Å². The first kappa shape index (κ1) is 24.8. The van der Waals surface area contributed by atoms with Crippen LogP contribution in [-0.2, 0) is 30.5 Å². The molecule has 3 heterocycles. The lowest BCUT2D eigenvalue weighted by atomic mass is 10.0. The van der Waals surface area contributed by atoms with Gasteiger partial charge >= 0.3 is 17.7 Å².